The number of carboxylic acids is 1. The first-order valence-corrected chi connectivity index (χ1v) is 12.3. The summed E-state index contributed by atoms with van der Waals surface area (Å²) in [5.74, 6) is -2.42. The van der Waals surface area contributed by atoms with Gasteiger partial charge in [0.2, 0.25) is 17.7 Å². The summed E-state index contributed by atoms with van der Waals surface area (Å²) in [7, 11) is 0. The average molecular weight is 480 g/mol. The quantitative estimate of drug-likeness (QED) is 0.112. The minimum atomic E-state index is -1.17. The van der Waals surface area contributed by atoms with Gasteiger partial charge in [-0.15, -0.1) is 0 Å². The maximum Gasteiger partial charge on any atom is 0.326 e. The Bertz CT molecular complexity index is 594. The van der Waals surface area contributed by atoms with Crippen molar-refractivity contribution in [1.29, 1.82) is 0 Å². The Morgan fingerprint density at radius 3 is 2.06 bits per heavy atom. The Balaban J connectivity index is 5.05. The molecule has 0 aromatic heterocycles. The van der Waals surface area contributed by atoms with Crippen LogP contribution in [0.4, 0.5) is 0 Å². The number of carboxylic acid groups (broad SMARTS) is 1. The van der Waals surface area contributed by atoms with Crippen LogP contribution in [-0.2, 0) is 19.2 Å². The number of hydrogen-bond donors (Lipinski definition) is 7. The summed E-state index contributed by atoms with van der Waals surface area (Å²) >= 11 is 5.67. The molecular formula is C19H37N5O5S2. The van der Waals surface area contributed by atoms with Crippen LogP contribution < -0.4 is 27.4 Å². The van der Waals surface area contributed by atoms with Crippen molar-refractivity contribution in [2.45, 2.75) is 63.7 Å². The van der Waals surface area contributed by atoms with Crippen LogP contribution >= 0.6 is 24.4 Å². The van der Waals surface area contributed by atoms with Crippen molar-refractivity contribution in [2.24, 2.45) is 17.4 Å². The van der Waals surface area contributed by atoms with Crippen LogP contribution in [0.3, 0.4) is 0 Å². The van der Waals surface area contributed by atoms with Gasteiger partial charge in [-0.25, -0.2) is 4.79 Å². The third-order valence-corrected chi connectivity index (χ3v) is 5.60. The number of carbonyl (C=O) groups is 4. The van der Waals surface area contributed by atoms with Crippen molar-refractivity contribution in [2.75, 3.05) is 24.3 Å². The fraction of sp³-hybridized carbons (Fsp3) is 0.789. The third kappa shape index (κ3) is 11.6. The Morgan fingerprint density at radius 2 is 1.58 bits per heavy atom. The number of thioether (sulfide) groups is 1. The molecule has 0 heterocycles. The molecule has 4 unspecified atom stereocenters. The molecule has 10 nitrogen and oxygen atoms in total. The first-order valence-electron chi connectivity index (χ1n) is 10.3. The summed E-state index contributed by atoms with van der Waals surface area (Å²) in [6.45, 7) is 3.94. The summed E-state index contributed by atoms with van der Waals surface area (Å²) < 4.78 is 0. The number of unbranched alkanes of at least 4 members (excludes halogenated alkanes) is 1. The molecule has 0 saturated carbocycles. The van der Waals surface area contributed by atoms with Crippen molar-refractivity contribution in [3.05, 3.63) is 0 Å². The van der Waals surface area contributed by atoms with Gasteiger partial charge >= 0.3 is 5.97 Å². The largest absolute Gasteiger partial charge is 0.480 e. The van der Waals surface area contributed by atoms with E-state index in [4.69, 9.17) is 11.5 Å². The van der Waals surface area contributed by atoms with E-state index in [-0.39, 0.29) is 18.1 Å². The maximum absolute atomic E-state index is 12.7. The molecule has 4 atom stereocenters. The lowest BCUT2D eigenvalue weighted by molar-refractivity contribution is -0.142. The van der Waals surface area contributed by atoms with Crippen LogP contribution in [0.1, 0.15) is 39.5 Å². The van der Waals surface area contributed by atoms with E-state index >= 15 is 0 Å². The third-order valence-electron chi connectivity index (χ3n) is 4.59. The van der Waals surface area contributed by atoms with Gasteiger partial charge in [0.05, 0.1) is 6.04 Å². The molecule has 0 aliphatic carbocycles. The van der Waals surface area contributed by atoms with E-state index < -0.39 is 47.9 Å². The highest BCUT2D eigenvalue weighted by Crippen LogP contribution is 2.06. The van der Waals surface area contributed by atoms with E-state index in [0.29, 0.717) is 31.6 Å². The first kappa shape index (κ1) is 29.5. The molecule has 0 saturated heterocycles. The minimum absolute atomic E-state index is 0.0429. The number of amides is 3. The summed E-state index contributed by atoms with van der Waals surface area (Å²) in [6.07, 6.45) is 3.79. The number of hydrogen-bond acceptors (Lipinski definition) is 8. The lowest BCUT2D eigenvalue weighted by Crippen LogP contribution is -2.58. The summed E-state index contributed by atoms with van der Waals surface area (Å²) in [5, 5.41) is 16.9. The highest BCUT2D eigenvalue weighted by Gasteiger charge is 2.31. The predicted molar refractivity (Wildman–Crippen MR) is 126 cm³/mol. The summed E-state index contributed by atoms with van der Waals surface area (Å²) in [4.78, 5) is 49.0. The molecule has 8 N–H and O–H groups in total. The highest BCUT2D eigenvalue weighted by molar-refractivity contribution is 7.98. The Hall–Kier alpha value is -1.50. The van der Waals surface area contributed by atoms with Crippen LogP contribution in [-0.4, -0.2) is 77.3 Å². The van der Waals surface area contributed by atoms with E-state index in [1.807, 2.05) is 6.26 Å². The molecular weight excluding hydrogens is 442 g/mol. The van der Waals surface area contributed by atoms with Crippen LogP contribution in [0.15, 0.2) is 0 Å². The van der Waals surface area contributed by atoms with Crippen molar-refractivity contribution in [3.63, 3.8) is 0 Å². The van der Waals surface area contributed by atoms with Crippen LogP contribution in [0, 0.1) is 5.92 Å². The van der Waals surface area contributed by atoms with Gasteiger partial charge in [0, 0.05) is 5.75 Å². The van der Waals surface area contributed by atoms with Gasteiger partial charge in [-0.05, 0) is 50.2 Å². The van der Waals surface area contributed by atoms with Crippen molar-refractivity contribution in [1.82, 2.24) is 16.0 Å². The Morgan fingerprint density at radius 1 is 0.968 bits per heavy atom. The molecule has 31 heavy (non-hydrogen) atoms. The molecule has 0 bridgehead atoms. The molecule has 0 aliphatic heterocycles. The van der Waals surface area contributed by atoms with Gasteiger partial charge in [-0.2, -0.15) is 24.4 Å². The lowest BCUT2D eigenvalue weighted by Gasteiger charge is -2.26. The van der Waals surface area contributed by atoms with Gasteiger partial charge in [0.15, 0.2) is 0 Å². The van der Waals surface area contributed by atoms with Crippen LogP contribution in [0.5, 0.6) is 0 Å². The summed E-state index contributed by atoms with van der Waals surface area (Å²) in [6, 6.07) is -3.79. The van der Waals surface area contributed by atoms with Crippen LogP contribution in [0.2, 0.25) is 0 Å². The first-order chi connectivity index (χ1) is 14.6. The second-order valence-electron chi connectivity index (χ2n) is 7.55. The van der Waals surface area contributed by atoms with Gasteiger partial charge in [0.25, 0.3) is 0 Å². The number of thiol groups is 1. The zero-order valence-electron chi connectivity index (χ0n) is 18.4. The molecule has 0 rings (SSSR count). The molecule has 3 amide bonds. The fourth-order valence-corrected chi connectivity index (χ4v) is 3.40. The summed E-state index contributed by atoms with van der Waals surface area (Å²) in [5.41, 5.74) is 11.3. The number of nitrogens with two attached hydrogens (primary N) is 2. The van der Waals surface area contributed by atoms with Gasteiger partial charge in [-0.3, -0.25) is 14.4 Å². The second-order valence-corrected chi connectivity index (χ2v) is 8.90. The average Bonchev–Trinajstić information content (AvgIpc) is 2.72. The van der Waals surface area contributed by atoms with E-state index in [9.17, 15) is 24.3 Å². The van der Waals surface area contributed by atoms with Crippen molar-refractivity contribution < 1.29 is 24.3 Å². The zero-order chi connectivity index (χ0) is 24.0. The van der Waals surface area contributed by atoms with E-state index in [0.717, 1.165) is 0 Å². The fourth-order valence-electron chi connectivity index (χ4n) is 2.65. The van der Waals surface area contributed by atoms with Crippen molar-refractivity contribution in [3.8, 4) is 0 Å². The molecule has 0 radical (unpaired) electrons. The lowest BCUT2D eigenvalue weighted by atomic mass is 10.0. The minimum Gasteiger partial charge on any atom is -0.480 e. The van der Waals surface area contributed by atoms with Gasteiger partial charge in [-0.1, -0.05) is 13.8 Å². The highest BCUT2D eigenvalue weighted by atomic mass is 32.2. The van der Waals surface area contributed by atoms with E-state index in [1.54, 1.807) is 25.6 Å². The molecule has 0 spiro atoms. The number of aliphatic carboxylic acids is 1. The molecule has 180 valence electrons. The molecule has 0 aromatic carbocycles. The predicted octanol–water partition coefficient (Wildman–Crippen LogP) is -0.679. The molecule has 0 aliphatic rings. The standard InChI is InChI=1S/C19H37N5O5S2/c1-11(2)15(24-16(25)12(21)7-9-31-3)18(27)23-14(10-30)17(26)22-13(19(28)29)6-4-5-8-20/h11-15,30H,4-10,20-21H2,1-3H3,(H,22,26)(H,23,27)(H,24,25)(H,28,29). The normalized spacial score (nSPS) is 14.9. The number of rotatable bonds is 16. The van der Waals surface area contributed by atoms with Crippen molar-refractivity contribution >= 4 is 48.1 Å². The molecule has 12 heteroatoms. The smallest absolute Gasteiger partial charge is 0.326 e. The van der Waals surface area contributed by atoms with E-state index in [2.05, 4.69) is 28.6 Å². The van der Waals surface area contributed by atoms with Gasteiger partial charge < -0.3 is 32.5 Å². The SMILES string of the molecule is CSCCC(N)C(=O)NC(C(=O)NC(CS)C(=O)NC(CCCCN)C(=O)O)C(C)C. The van der Waals surface area contributed by atoms with Crippen LogP contribution in [0.25, 0.3) is 0 Å². The zero-order valence-corrected chi connectivity index (χ0v) is 20.1. The second kappa shape index (κ2) is 16.2. The number of carbonyl (C=O) groups excluding carboxylic acids is 3. The molecule has 0 fully saturated rings. The monoisotopic (exact) mass is 479 g/mol. The topological polar surface area (TPSA) is 177 Å². The number of nitrogens with one attached hydrogen (secondary N) is 3. The Labute approximate surface area is 193 Å². The van der Waals surface area contributed by atoms with Gasteiger partial charge in [0.1, 0.15) is 18.1 Å². The maximum atomic E-state index is 12.7. The Kier molecular flexibility index (Phi) is 15.4. The molecule has 0 aromatic rings. The van der Waals surface area contributed by atoms with E-state index in [1.165, 1.54) is 0 Å².